The Hall–Kier alpha value is -1.35. The van der Waals surface area contributed by atoms with E-state index in [2.05, 4.69) is 17.4 Å². The summed E-state index contributed by atoms with van der Waals surface area (Å²) < 4.78 is 0. The summed E-state index contributed by atoms with van der Waals surface area (Å²) in [5.41, 5.74) is 1.32. The Morgan fingerprint density at radius 2 is 2.00 bits per heavy atom. The Morgan fingerprint density at radius 1 is 1.28 bits per heavy atom. The second kappa shape index (κ2) is 8.70. The van der Waals surface area contributed by atoms with Gasteiger partial charge in [-0.05, 0) is 31.2 Å². The first kappa shape index (κ1) is 14.7. The first-order valence-electron chi connectivity index (χ1n) is 6.70. The van der Waals surface area contributed by atoms with E-state index >= 15 is 0 Å². The highest BCUT2D eigenvalue weighted by atomic mass is 16.3. The molecule has 0 aliphatic rings. The van der Waals surface area contributed by atoms with E-state index in [0.29, 0.717) is 6.42 Å². The number of hydrogen-bond acceptors (Lipinski definition) is 2. The summed E-state index contributed by atoms with van der Waals surface area (Å²) in [6.07, 6.45) is 4.25. The van der Waals surface area contributed by atoms with Crippen LogP contribution in [0.1, 0.15) is 38.2 Å². The van der Waals surface area contributed by atoms with Crippen LogP contribution >= 0.6 is 0 Å². The molecule has 0 radical (unpaired) electrons. The van der Waals surface area contributed by atoms with Crippen LogP contribution in [0, 0.1) is 0 Å². The van der Waals surface area contributed by atoms with Crippen molar-refractivity contribution in [3.05, 3.63) is 35.9 Å². The Morgan fingerprint density at radius 3 is 2.61 bits per heavy atom. The number of hydrogen-bond donors (Lipinski definition) is 2. The molecule has 0 saturated heterocycles. The molecule has 3 heteroatoms. The highest BCUT2D eigenvalue weighted by Crippen LogP contribution is 2.06. The monoisotopic (exact) mass is 249 g/mol. The second-order valence-corrected chi connectivity index (χ2v) is 4.55. The lowest BCUT2D eigenvalue weighted by Gasteiger charge is -2.13. The van der Waals surface area contributed by atoms with Crippen molar-refractivity contribution >= 4 is 5.91 Å². The average Bonchev–Trinajstić information content (AvgIpc) is 2.42. The predicted octanol–water partition coefficient (Wildman–Crippen LogP) is 2.29. The van der Waals surface area contributed by atoms with E-state index in [1.54, 1.807) is 0 Å². The smallest absolute Gasteiger partial charge is 0.220 e. The SMILES string of the molecule is CC[C@H](CO)NC(=O)CCCCc1ccccc1. The average molecular weight is 249 g/mol. The first-order chi connectivity index (χ1) is 8.76. The minimum Gasteiger partial charge on any atom is -0.394 e. The van der Waals surface area contributed by atoms with Crippen LogP contribution in [-0.4, -0.2) is 23.7 Å². The zero-order valence-electron chi connectivity index (χ0n) is 11.1. The molecule has 2 N–H and O–H groups in total. The Bertz CT molecular complexity index is 334. The molecule has 0 aliphatic heterocycles. The van der Waals surface area contributed by atoms with Crippen molar-refractivity contribution in [3.8, 4) is 0 Å². The van der Waals surface area contributed by atoms with E-state index in [4.69, 9.17) is 5.11 Å². The minimum absolute atomic E-state index is 0.0201. The van der Waals surface area contributed by atoms with Crippen LogP contribution in [0.3, 0.4) is 0 Å². The van der Waals surface area contributed by atoms with Gasteiger partial charge in [0.1, 0.15) is 0 Å². The zero-order valence-corrected chi connectivity index (χ0v) is 11.1. The van der Waals surface area contributed by atoms with Crippen LogP contribution in [0.4, 0.5) is 0 Å². The van der Waals surface area contributed by atoms with Gasteiger partial charge in [0.2, 0.25) is 5.91 Å². The van der Waals surface area contributed by atoms with E-state index in [1.807, 2.05) is 25.1 Å². The molecule has 0 aliphatic carbocycles. The lowest BCUT2D eigenvalue weighted by Crippen LogP contribution is -2.36. The van der Waals surface area contributed by atoms with Crippen molar-refractivity contribution in [3.63, 3.8) is 0 Å². The maximum Gasteiger partial charge on any atom is 0.220 e. The van der Waals surface area contributed by atoms with Gasteiger partial charge in [-0.15, -0.1) is 0 Å². The number of aliphatic hydroxyl groups is 1. The van der Waals surface area contributed by atoms with Crippen LogP contribution < -0.4 is 5.32 Å². The third-order valence-corrected chi connectivity index (χ3v) is 3.04. The Labute approximate surface area is 109 Å². The number of carbonyl (C=O) groups is 1. The number of nitrogens with one attached hydrogen (secondary N) is 1. The van der Waals surface area contributed by atoms with Crippen LogP contribution in [0.15, 0.2) is 30.3 Å². The number of aliphatic hydroxyl groups excluding tert-OH is 1. The van der Waals surface area contributed by atoms with Crippen molar-refractivity contribution in [2.24, 2.45) is 0 Å². The lowest BCUT2D eigenvalue weighted by atomic mass is 10.1. The molecule has 0 aromatic heterocycles. The molecule has 1 rings (SSSR count). The van der Waals surface area contributed by atoms with Crippen molar-refractivity contribution in [1.82, 2.24) is 5.32 Å². The highest BCUT2D eigenvalue weighted by Gasteiger charge is 2.08. The van der Waals surface area contributed by atoms with Crippen LogP contribution in [0.2, 0.25) is 0 Å². The number of rotatable bonds is 8. The molecule has 0 saturated carbocycles. The summed E-state index contributed by atoms with van der Waals surface area (Å²) >= 11 is 0. The fraction of sp³-hybridized carbons (Fsp3) is 0.533. The number of unbranched alkanes of at least 4 members (excludes halogenated alkanes) is 1. The third kappa shape index (κ3) is 5.82. The van der Waals surface area contributed by atoms with Gasteiger partial charge in [-0.2, -0.15) is 0 Å². The van der Waals surface area contributed by atoms with Gasteiger partial charge in [0.15, 0.2) is 0 Å². The molecule has 0 spiro atoms. The first-order valence-corrected chi connectivity index (χ1v) is 6.70. The van der Waals surface area contributed by atoms with E-state index < -0.39 is 0 Å². The van der Waals surface area contributed by atoms with Gasteiger partial charge < -0.3 is 10.4 Å². The highest BCUT2D eigenvalue weighted by molar-refractivity contribution is 5.76. The maximum absolute atomic E-state index is 11.6. The normalized spacial score (nSPS) is 12.1. The summed E-state index contributed by atoms with van der Waals surface area (Å²) in [5.74, 6) is 0.0453. The molecular formula is C15H23NO2. The number of carbonyl (C=O) groups excluding carboxylic acids is 1. The summed E-state index contributed by atoms with van der Waals surface area (Å²) in [5, 5.41) is 11.8. The summed E-state index contributed by atoms with van der Waals surface area (Å²) in [6, 6.07) is 10.2. The van der Waals surface area contributed by atoms with E-state index in [1.165, 1.54) is 5.56 Å². The molecule has 18 heavy (non-hydrogen) atoms. The number of benzene rings is 1. The van der Waals surface area contributed by atoms with Gasteiger partial charge in [-0.3, -0.25) is 4.79 Å². The molecule has 0 heterocycles. The summed E-state index contributed by atoms with van der Waals surface area (Å²) in [6.45, 7) is 1.98. The van der Waals surface area contributed by atoms with E-state index in [0.717, 1.165) is 25.7 Å². The standard InChI is InChI=1S/C15H23NO2/c1-2-14(12-17)16-15(18)11-7-6-10-13-8-4-3-5-9-13/h3-5,8-9,14,17H,2,6-7,10-12H2,1H3,(H,16,18)/t14-/m1/s1. The molecule has 1 aromatic carbocycles. The minimum atomic E-state index is -0.0911. The van der Waals surface area contributed by atoms with Gasteiger partial charge >= 0.3 is 0 Å². The third-order valence-electron chi connectivity index (χ3n) is 3.04. The van der Waals surface area contributed by atoms with Crippen molar-refractivity contribution < 1.29 is 9.90 Å². The Balaban J connectivity index is 2.12. The van der Waals surface area contributed by atoms with Crippen LogP contribution in [0.25, 0.3) is 0 Å². The van der Waals surface area contributed by atoms with Gasteiger partial charge in [0.25, 0.3) is 0 Å². The fourth-order valence-electron chi connectivity index (χ4n) is 1.84. The van der Waals surface area contributed by atoms with Crippen molar-refractivity contribution in [2.75, 3.05) is 6.61 Å². The molecule has 1 amide bonds. The topological polar surface area (TPSA) is 49.3 Å². The molecule has 1 aromatic rings. The van der Waals surface area contributed by atoms with E-state index in [-0.39, 0.29) is 18.6 Å². The zero-order chi connectivity index (χ0) is 13.2. The summed E-state index contributed by atoms with van der Waals surface area (Å²) in [4.78, 5) is 11.6. The summed E-state index contributed by atoms with van der Waals surface area (Å²) in [7, 11) is 0. The molecule has 100 valence electrons. The number of aryl methyl sites for hydroxylation is 1. The molecule has 0 unspecified atom stereocenters. The molecule has 3 nitrogen and oxygen atoms in total. The van der Waals surface area contributed by atoms with Gasteiger partial charge in [0, 0.05) is 6.42 Å². The second-order valence-electron chi connectivity index (χ2n) is 4.55. The maximum atomic E-state index is 11.6. The molecule has 0 bridgehead atoms. The lowest BCUT2D eigenvalue weighted by molar-refractivity contribution is -0.122. The van der Waals surface area contributed by atoms with E-state index in [9.17, 15) is 4.79 Å². The van der Waals surface area contributed by atoms with Crippen LogP contribution in [-0.2, 0) is 11.2 Å². The van der Waals surface area contributed by atoms with Gasteiger partial charge in [0.05, 0.1) is 12.6 Å². The molecular weight excluding hydrogens is 226 g/mol. The van der Waals surface area contributed by atoms with Crippen LogP contribution in [0.5, 0.6) is 0 Å². The quantitative estimate of drug-likeness (QED) is 0.694. The largest absolute Gasteiger partial charge is 0.394 e. The predicted molar refractivity (Wildman–Crippen MR) is 73.3 cm³/mol. The fourth-order valence-corrected chi connectivity index (χ4v) is 1.84. The van der Waals surface area contributed by atoms with Gasteiger partial charge in [-0.25, -0.2) is 0 Å². The molecule has 1 atom stereocenters. The van der Waals surface area contributed by atoms with Gasteiger partial charge in [-0.1, -0.05) is 37.3 Å². The molecule has 0 fully saturated rings. The van der Waals surface area contributed by atoms with Crippen molar-refractivity contribution in [2.45, 2.75) is 45.1 Å². The Kier molecular flexibility index (Phi) is 7.11. The van der Waals surface area contributed by atoms with Crippen molar-refractivity contribution in [1.29, 1.82) is 0 Å². The number of amides is 1.